The molecule has 0 spiro atoms. The summed E-state index contributed by atoms with van der Waals surface area (Å²) in [6.07, 6.45) is 1.65. The van der Waals surface area contributed by atoms with Gasteiger partial charge in [0.15, 0.2) is 0 Å². The van der Waals surface area contributed by atoms with E-state index in [9.17, 15) is 9.59 Å². The molecule has 0 saturated heterocycles. The lowest BCUT2D eigenvalue weighted by Crippen LogP contribution is -2.28. The molecule has 106 valence electrons. The molecule has 2 aromatic heterocycles. The van der Waals surface area contributed by atoms with Crippen LogP contribution in [0.4, 0.5) is 5.69 Å². The van der Waals surface area contributed by atoms with Crippen molar-refractivity contribution < 1.29 is 14.3 Å². The number of aromatic nitrogens is 1. The van der Waals surface area contributed by atoms with Crippen LogP contribution in [0.1, 0.15) is 9.67 Å². The zero-order valence-corrected chi connectivity index (χ0v) is 11.4. The Hall–Kier alpha value is -2.19. The lowest BCUT2D eigenvalue weighted by atomic mass is 10.2. The normalized spacial score (nSPS) is 10.6. The Kier molecular flexibility index (Phi) is 4.49. The summed E-state index contributed by atoms with van der Waals surface area (Å²) in [7, 11) is 0. The van der Waals surface area contributed by atoms with Crippen molar-refractivity contribution in [2.45, 2.75) is 0 Å². The van der Waals surface area contributed by atoms with E-state index in [1.165, 1.54) is 11.3 Å². The van der Waals surface area contributed by atoms with Gasteiger partial charge in [-0.05, 0) is 12.1 Å². The lowest BCUT2D eigenvalue weighted by molar-refractivity contribution is -0.122. The highest BCUT2D eigenvalue weighted by molar-refractivity contribution is 7.21. The molecule has 0 radical (unpaired) electrons. The van der Waals surface area contributed by atoms with Gasteiger partial charge in [-0.2, -0.15) is 0 Å². The van der Waals surface area contributed by atoms with E-state index >= 15 is 0 Å². The number of amides is 2. The SMILES string of the molecule is NC(=O)COCCNC(=O)c1sc2ncccc2c1N. The molecule has 2 heterocycles. The fourth-order valence-electron chi connectivity index (χ4n) is 1.61. The maximum Gasteiger partial charge on any atom is 0.263 e. The van der Waals surface area contributed by atoms with Crippen molar-refractivity contribution in [3.63, 3.8) is 0 Å². The Morgan fingerprint density at radius 2 is 2.25 bits per heavy atom. The van der Waals surface area contributed by atoms with Crippen molar-refractivity contribution in [2.75, 3.05) is 25.5 Å². The predicted molar refractivity (Wildman–Crippen MR) is 76.4 cm³/mol. The smallest absolute Gasteiger partial charge is 0.263 e. The number of primary amides is 1. The number of nitrogens with two attached hydrogens (primary N) is 2. The van der Waals surface area contributed by atoms with E-state index in [2.05, 4.69) is 10.3 Å². The molecule has 0 aliphatic rings. The number of nitrogens with zero attached hydrogens (tertiary/aromatic N) is 1. The standard InChI is InChI=1S/C12H14N4O3S/c13-8(17)6-19-5-4-15-11(18)10-9(14)7-2-1-3-16-12(7)20-10/h1-3H,4-6,14H2,(H2,13,17)(H,15,18). The molecule has 0 aliphatic carbocycles. The maximum absolute atomic E-state index is 12.0. The van der Waals surface area contributed by atoms with E-state index in [-0.39, 0.29) is 25.7 Å². The molecule has 0 unspecified atom stereocenters. The molecule has 2 amide bonds. The number of thiophene rings is 1. The first-order chi connectivity index (χ1) is 9.59. The average Bonchev–Trinajstić information content (AvgIpc) is 2.76. The topological polar surface area (TPSA) is 120 Å². The fourth-order valence-corrected chi connectivity index (χ4v) is 2.59. The molecule has 0 atom stereocenters. The van der Waals surface area contributed by atoms with Crippen LogP contribution >= 0.6 is 11.3 Å². The molecule has 0 bridgehead atoms. The average molecular weight is 294 g/mol. The monoisotopic (exact) mass is 294 g/mol. The summed E-state index contributed by atoms with van der Waals surface area (Å²) in [5.74, 6) is -0.829. The first-order valence-corrected chi connectivity index (χ1v) is 6.68. The van der Waals surface area contributed by atoms with Crippen LogP contribution < -0.4 is 16.8 Å². The van der Waals surface area contributed by atoms with Crippen molar-refractivity contribution in [1.29, 1.82) is 0 Å². The van der Waals surface area contributed by atoms with Crippen LogP contribution in [-0.4, -0.2) is 36.6 Å². The van der Waals surface area contributed by atoms with Crippen LogP contribution in [0.5, 0.6) is 0 Å². The number of pyridine rings is 1. The Morgan fingerprint density at radius 3 is 2.95 bits per heavy atom. The molecule has 8 heteroatoms. The molecule has 20 heavy (non-hydrogen) atoms. The third-order valence-electron chi connectivity index (χ3n) is 2.49. The van der Waals surface area contributed by atoms with Gasteiger partial charge in [-0.1, -0.05) is 0 Å². The van der Waals surface area contributed by atoms with E-state index in [1.54, 1.807) is 12.3 Å². The number of rotatable bonds is 6. The van der Waals surface area contributed by atoms with Crippen LogP contribution in [0.2, 0.25) is 0 Å². The van der Waals surface area contributed by atoms with E-state index in [4.69, 9.17) is 16.2 Å². The van der Waals surface area contributed by atoms with Gasteiger partial charge in [0.05, 0.1) is 12.3 Å². The largest absolute Gasteiger partial charge is 0.397 e. The second kappa shape index (κ2) is 6.31. The number of carbonyl (C=O) groups excluding carboxylic acids is 2. The molecule has 0 saturated carbocycles. The molecule has 7 nitrogen and oxygen atoms in total. The minimum atomic E-state index is -0.545. The van der Waals surface area contributed by atoms with Gasteiger partial charge in [-0.15, -0.1) is 11.3 Å². The zero-order valence-electron chi connectivity index (χ0n) is 10.6. The van der Waals surface area contributed by atoms with Crippen LogP contribution in [0.3, 0.4) is 0 Å². The van der Waals surface area contributed by atoms with Crippen LogP contribution in [0.25, 0.3) is 10.2 Å². The minimum absolute atomic E-state index is 0.162. The van der Waals surface area contributed by atoms with Crippen LogP contribution in [0, 0.1) is 0 Å². The van der Waals surface area contributed by atoms with Crippen molar-refractivity contribution in [2.24, 2.45) is 5.73 Å². The van der Waals surface area contributed by atoms with Crippen molar-refractivity contribution in [1.82, 2.24) is 10.3 Å². The molecular weight excluding hydrogens is 280 g/mol. The van der Waals surface area contributed by atoms with Crippen molar-refractivity contribution in [3.8, 4) is 0 Å². The fraction of sp³-hybridized carbons (Fsp3) is 0.250. The number of nitrogen functional groups attached to an aromatic ring is 1. The number of ether oxygens (including phenoxy) is 1. The Balaban J connectivity index is 1.94. The van der Waals surface area contributed by atoms with Gasteiger partial charge >= 0.3 is 0 Å². The highest BCUT2D eigenvalue weighted by Gasteiger charge is 2.16. The van der Waals surface area contributed by atoms with E-state index in [1.807, 2.05) is 6.07 Å². The summed E-state index contributed by atoms with van der Waals surface area (Å²) in [6, 6.07) is 3.59. The van der Waals surface area contributed by atoms with Gasteiger partial charge in [-0.3, -0.25) is 9.59 Å². The van der Waals surface area contributed by atoms with E-state index in [0.717, 1.165) is 10.2 Å². The van der Waals surface area contributed by atoms with E-state index in [0.29, 0.717) is 10.6 Å². The number of hydrogen-bond acceptors (Lipinski definition) is 6. The van der Waals surface area contributed by atoms with Gasteiger partial charge in [0.1, 0.15) is 16.3 Å². The third kappa shape index (κ3) is 3.22. The molecular formula is C12H14N4O3S. The van der Waals surface area contributed by atoms with Gasteiger partial charge in [0.25, 0.3) is 5.91 Å². The number of anilines is 1. The number of nitrogens with one attached hydrogen (secondary N) is 1. The quantitative estimate of drug-likeness (QED) is 0.653. The molecule has 0 aromatic carbocycles. The molecule has 2 aromatic rings. The summed E-state index contributed by atoms with van der Waals surface area (Å²) in [5, 5.41) is 3.43. The molecule has 2 rings (SSSR count). The van der Waals surface area contributed by atoms with Gasteiger partial charge in [0, 0.05) is 18.1 Å². The summed E-state index contributed by atoms with van der Waals surface area (Å²) in [6.45, 7) is 0.315. The zero-order chi connectivity index (χ0) is 14.5. The van der Waals surface area contributed by atoms with Crippen molar-refractivity contribution >= 4 is 39.1 Å². The first-order valence-electron chi connectivity index (χ1n) is 5.87. The Morgan fingerprint density at radius 1 is 1.45 bits per heavy atom. The number of hydrogen-bond donors (Lipinski definition) is 3. The minimum Gasteiger partial charge on any atom is -0.397 e. The van der Waals surface area contributed by atoms with Gasteiger partial charge in [0.2, 0.25) is 5.91 Å². The first kappa shape index (κ1) is 14.2. The predicted octanol–water partition coefficient (Wildman–Crippen LogP) is 0.110. The van der Waals surface area contributed by atoms with E-state index < -0.39 is 5.91 Å². The van der Waals surface area contributed by atoms with Crippen molar-refractivity contribution in [3.05, 3.63) is 23.2 Å². The second-order valence-corrected chi connectivity index (χ2v) is 4.97. The molecule has 0 fully saturated rings. The Bertz CT molecular complexity index is 641. The molecule has 5 N–H and O–H groups in total. The summed E-state index contributed by atoms with van der Waals surface area (Å²) >= 11 is 1.24. The molecule has 0 aliphatic heterocycles. The Labute approximate surface area is 118 Å². The number of carbonyl (C=O) groups is 2. The van der Waals surface area contributed by atoms with Crippen LogP contribution in [0.15, 0.2) is 18.3 Å². The van der Waals surface area contributed by atoms with Gasteiger partial charge in [-0.25, -0.2) is 4.98 Å². The van der Waals surface area contributed by atoms with Gasteiger partial charge < -0.3 is 21.5 Å². The van der Waals surface area contributed by atoms with Crippen LogP contribution in [-0.2, 0) is 9.53 Å². The highest BCUT2D eigenvalue weighted by atomic mass is 32.1. The number of fused-ring (bicyclic) bond motifs is 1. The summed E-state index contributed by atoms with van der Waals surface area (Å²) in [5.41, 5.74) is 11.3. The lowest BCUT2D eigenvalue weighted by Gasteiger charge is -2.04. The third-order valence-corrected chi connectivity index (χ3v) is 3.62. The summed E-state index contributed by atoms with van der Waals surface area (Å²) in [4.78, 5) is 27.7. The highest BCUT2D eigenvalue weighted by Crippen LogP contribution is 2.31. The second-order valence-electron chi connectivity index (χ2n) is 3.98. The maximum atomic E-state index is 12.0. The summed E-state index contributed by atoms with van der Waals surface area (Å²) < 4.78 is 4.94.